The Morgan fingerprint density at radius 1 is 0.829 bits per heavy atom. The van der Waals surface area contributed by atoms with Gasteiger partial charge in [0.2, 0.25) is 0 Å². The first kappa shape index (κ1) is 28.3. The predicted molar refractivity (Wildman–Crippen MR) is 165 cm³/mol. The van der Waals surface area contributed by atoms with E-state index in [0.29, 0.717) is 17.8 Å². The highest BCUT2D eigenvalue weighted by atomic mass is 16.5. The Morgan fingerprint density at radius 3 is 2.24 bits per heavy atom. The van der Waals surface area contributed by atoms with E-state index in [1.54, 1.807) is 13.2 Å². The minimum absolute atomic E-state index is 0.139. The highest BCUT2D eigenvalue weighted by Gasteiger charge is 2.24. The van der Waals surface area contributed by atoms with Crippen molar-refractivity contribution in [2.75, 3.05) is 55.0 Å². The number of piperazine rings is 1. The molecule has 3 aromatic rings. The average Bonchev–Trinajstić information content (AvgIpc) is 3.02. The maximum Gasteiger partial charge on any atom is 0.319 e. The second kappa shape index (κ2) is 13.9. The molecule has 3 N–H and O–H groups in total. The molecule has 1 saturated carbocycles. The Bertz CT molecular complexity index is 1300. The summed E-state index contributed by atoms with van der Waals surface area (Å²) in [5.74, 6) is 0.723. The number of hydrogen-bond acceptors (Lipinski definition) is 5. The third kappa shape index (κ3) is 7.51. The second-order valence-electron chi connectivity index (χ2n) is 10.8. The number of hydrogen-bond donors (Lipinski definition) is 3. The molecule has 1 aliphatic carbocycles. The van der Waals surface area contributed by atoms with Crippen molar-refractivity contribution in [3.8, 4) is 5.75 Å². The molecule has 1 aliphatic heterocycles. The smallest absolute Gasteiger partial charge is 0.319 e. The van der Waals surface area contributed by atoms with Crippen LogP contribution in [0.1, 0.15) is 48.0 Å². The molecule has 8 heteroatoms. The van der Waals surface area contributed by atoms with Crippen LogP contribution < -0.4 is 30.5 Å². The minimum atomic E-state index is -0.217. The van der Waals surface area contributed by atoms with Crippen molar-refractivity contribution in [1.82, 2.24) is 10.6 Å². The molecule has 0 radical (unpaired) electrons. The van der Waals surface area contributed by atoms with Gasteiger partial charge in [-0.2, -0.15) is 0 Å². The van der Waals surface area contributed by atoms with Crippen LogP contribution in [0.3, 0.4) is 0 Å². The number of urea groups is 1. The molecule has 0 aromatic heterocycles. The van der Waals surface area contributed by atoms with E-state index in [2.05, 4.69) is 43.9 Å². The van der Waals surface area contributed by atoms with E-state index in [9.17, 15) is 9.59 Å². The van der Waals surface area contributed by atoms with Gasteiger partial charge in [0.1, 0.15) is 5.75 Å². The van der Waals surface area contributed by atoms with Gasteiger partial charge in [0.25, 0.3) is 5.91 Å². The lowest BCUT2D eigenvalue weighted by molar-refractivity contribution is 0.0954. The summed E-state index contributed by atoms with van der Waals surface area (Å²) < 4.78 is 5.57. The number of benzene rings is 3. The van der Waals surface area contributed by atoms with Gasteiger partial charge in [0.15, 0.2) is 0 Å². The third-order valence-corrected chi connectivity index (χ3v) is 8.03. The van der Waals surface area contributed by atoms with Crippen LogP contribution in [-0.4, -0.2) is 57.8 Å². The van der Waals surface area contributed by atoms with E-state index < -0.39 is 0 Å². The molecular formula is C33H41N5O3. The molecule has 5 rings (SSSR count). The fourth-order valence-electron chi connectivity index (χ4n) is 5.81. The van der Waals surface area contributed by atoms with Crippen LogP contribution in [0, 0.1) is 0 Å². The van der Waals surface area contributed by atoms with Gasteiger partial charge in [-0.1, -0.05) is 61.7 Å². The summed E-state index contributed by atoms with van der Waals surface area (Å²) in [7, 11) is 1.70. The van der Waals surface area contributed by atoms with Crippen LogP contribution in [0.15, 0.2) is 72.8 Å². The van der Waals surface area contributed by atoms with Gasteiger partial charge >= 0.3 is 6.03 Å². The quantitative estimate of drug-likeness (QED) is 0.327. The molecule has 41 heavy (non-hydrogen) atoms. The Kier molecular flexibility index (Phi) is 9.62. The van der Waals surface area contributed by atoms with E-state index in [0.717, 1.165) is 75.4 Å². The number of methoxy groups -OCH3 is 1. The van der Waals surface area contributed by atoms with Crippen molar-refractivity contribution < 1.29 is 14.3 Å². The topological polar surface area (TPSA) is 85.9 Å². The summed E-state index contributed by atoms with van der Waals surface area (Å²) in [5, 5.41) is 9.17. The van der Waals surface area contributed by atoms with E-state index in [-0.39, 0.29) is 18.0 Å². The largest absolute Gasteiger partial charge is 0.495 e. The van der Waals surface area contributed by atoms with Gasteiger partial charge in [-0.05, 0) is 55.2 Å². The van der Waals surface area contributed by atoms with E-state index in [1.807, 2.05) is 48.5 Å². The first-order valence-electron chi connectivity index (χ1n) is 14.8. The molecule has 2 aliphatic rings. The van der Waals surface area contributed by atoms with Crippen molar-refractivity contribution >= 4 is 29.0 Å². The summed E-state index contributed by atoms with van der Waals surface area (Å²) in [6, 6.07) is 23.9. The molecule has 0 bridgehead atoms. The van der Waals surface area contributed by atoms with Gasteiger partial charge in [0.05, 0.1) is 18.4 Å². The van der Waals surface area contributed by atoms with E-state index in [1.165, 1.54) is 12.0 Å². The van der Waals surface area contributed by atoms with Crippen molar-refractivity contribution in [2.45, 2.75) is 44.6 Å². The monoisotopic (exact) mass is 555 g/mol. The number of rotatable bonds is 9. The predicted octanol–water partition coefficient (Wildman–Crippen LogP) is 5.45. The summed E-state index contributed by atoms with van der Waals surface area (Å²) >= 11 is 0. The molecule has 3 amide bonds. The molecule has 216 valence electrons. The summed E-state index contributed by atoms with van der Waals surface area (Å²) in [6.45, 7) is 3.66. The molecule has 1 saturated heterocycles. The Hall–Kier alpha value is -4.20. The van der Waals surface area contributed by atoms with Crippen LogP contribution in [0.25, 0.3) is 0 Å². The highest BCUT2D eigenvalue weighted by molar-refractivity contribution is 6.02. The number of anilines is 3. The SMILES string of the molecule is COc1ccccc1N1CCN(c2ccc(NC(=O)NC3CCCCC3)cc2C(=O)NCCc2ccccc2)CC1. The van der Waals surface area contributed by atoms with Crippen LogP contribution >= 0.6 is 0 Å². The second-order valence-corrected chi connectivity index (χ2v) is 10.8. The maximum absolute atomic E-state index is 13.5. The van der Waals surface area contributed by atoms with Gasteiger partial charge < -0.3 is 30.5 Å². The minimum Gasteiger partial charge on any atom is -0.495 e. The summed E-state index contributed by atoms with van der Waals surface area (Å²) in [6.07, 6.45) is 6.32. The van der Waals surface area contributed by atoms with Crippen molar-refractivity contribution in [1.29, 1.82) is 0 Å². The lowest BCUT2D eigenvalue weighted by Crippen LogP contribution is -2.47. The zero-order valence-corrected chi connectivity index (χ0v) is 23.9. The van der Waals surface area contributed by atoms with Gasteiger partial charge in [-0.3, -0.25) is 4.79 Å². The third-order valence-electron chi connectivity index (χ3n) is 8.03. The fourth-order valence-corrected chi connectivity index (χ4v) is 5.81. The van der Waals surface area contributed by atoms with Gasteiger partial charge in [-0.15, -0.1) is 0 Å². The number of nitrogens with zero attached hydrogens (tertiary/aromatic N) is 2. The molecule has 0 spiro atoms. The molecule has 3 aromatic carbocycles. The van der Waals surface area contributed by atoms with Crippen LogP contribution in [0.4, 0.5) is 21.9 Å². The van der Waals surface area contributed by atoms with Crippen LogP contribution in [0.5, 0.6) is 5.75 Å². The summed E-state index contributed by atoms with van der Waals surface area (Å²) in [4.78, 5) is 30.9. The first-order chi connectivity index (χ1) is 20.1. The Labute approximate surface area is 243 Å². The summed E-state index contributed by atoms with van der Waals surface area (Å²) in [5.41, 5.74) is 4.31. The van der Waals surface area contributed by atoms with E-state index in [4.69, 9.17) is 4.74 Å². The zero-order valence-electron chi connectivity index (χ0n) is 23.9. The zero-order chi connectivity index (χ0) is 28.4. The average molecular weight is 556 g/mol. The van der Waals surface area contributed by atoms with Crippen LogP contribution in [-0.2, 0) is 6.42 Å². The normalized spacial score (nSPS) is 15.7. The van der Waals surface area contributed by atoms with Crippen LogP contribution in [0.2, 0.25) is 0 Å². The van der Waals surface area contributed by atoms with Gasteiger partial charge in [0, 0.05) is 50.1 Å². The lowest BCUT2D eigenvalue weighted by Gasteiger charge is -2.38. The number of para-hydroxylation sites is 2. The van der Waals surface area contributed by atoms with Crippen molar-refractivity contribution in [2.24, 2.45) is 0 Å². The number of ether oxygens (including phenoxy) is 1. The fraction of sp³-hybridized carbons (Fsp3) is 0.394. The number of nitrogens with one attached hydrogen (secondary N) is 3. The number of carbonyl (C=O) groups excluding carboxylic acids is 2. The maximum atomic E-state index is 13.5. The molecular weight excluding hydrogens is 514 g/mol. The molecule has 0 unspecified atom stereocenters. The van der Waals surface area contributed by atoms with Crippen molar-refractivity contribution in [3.63, 3.8) is 0 Å². The molecule has 1 heterocycles. The molecule has 8 nitrogen and oxygen atoms in total. The number of carbonyl (C=O) groups is 2. The highest BCUT2D eigenvalue weighted by Crippen LogP contribution is 2.31. The molecule has 2 fully saturated rings. The number of amides is 3. The van der Waals surface area contributed by atoms with Gasteiger partial charge in [-0.25, -0.2) is 4.79 Å². The molecule has 0 atom stereocenters. The lowest BCUT2D eigenvalue weighted by atomic mass is 9.96. The van der Waals surface area contributed by atoms with E-state index >= 15 is 0 Å². The standard InChI is InChI=1S/C33H41N5O3/c1-41-31-15-9-8-14-30(31)38-22-20-37(21-23-38)29-17-16-27(36-33(40)35-26-12-6-3-7-13-26)24-28(29)32(39)34-19-18-25-10-4-2-5-11-25/h2,4-5,8-11,14-17,24,26H,3,6-7,12-13,18-23H2,1H3,(H,34,39)(H2,35,36,40). The Balaban J connectivity index is 1.29. The Morgan fingerprint density at radius 2 is 1.51 bits per heavy atom. The first-order valence-corrected chi connectivity index (χ1v) is 14.8. The van der Waals surface area contributed by atoms with Crippen molar-refractivity contribution in [3.05, 3.63) is 83.9 Å².